The third-order valence-corrected chi connectivity index (χ3v) is 7.46. The Kier molecular flexibility index (Phi) is 8.84. The van der Waals surface area contributed by atoms with E-state index in [0.29, 0.717) is 37.7 Å². The van der Waals surface area contributed by atoms with Crippen LogP contribution in [-0.2, 0) is 9.53 Å². The van der Waals surface area contributed by atoms with Gasteiger partial charge in [0.1, 0.15) is 11.4 Å². The number of anilines is 1. The van der Waals surface area contributed by atoms with Crippen LogP contribution in [0.3, 0.4) is 0 Å². The number of hydrogen-bond acceptors (Lipinski definition) is 7. The quantitative estimate of drug-likeness (QED) is 0.265. The molecule has 10 heteroatoms. The fourth-order valence-electron chi connectivity index (χ4n) is 5.36. The Morgan fingerprint density at radius 3 is 2.47 bits per heavy atom. The first-order valence-corrected chi connectivity index (χ1v) is 14.5. The number of hydrogen-bond donors (Lipinski definition) is 0. The summed E-state index contributed by atoms with van der Waals surface area (Å²) in [6.07, 6.45) is 3.04. The lowest BCUT2D eigenvalue weighted by atomic mass is 10.00. The van der Waals surface area contributed by atoms with Gasteiger partial charge < -0.3 is 19.4 Å². The molecule has 0 bridgehead atoms. The van der Waals surface area contributed by atoms with Gasteiger partial charge in [0.2, 0.25) is 11.9 Å². The number of piperazine rings is 1. The maximum absolute atomic E-state index is 14.0. The predicted octanol–water partition coefficient (Wildman–Crippen LogP) is 5.94. The molecule has 0 radical (unpaired) electrons. The number of rotatable bonds is 7. The normalized spacial score (nSPS) is 16.2. The zero-order chi connectivity index (χ0) is 30.6. The van der Waals surface area contributed by atoms with Crippen molar-refractivity contribution < 1.29 is 18.7 Å². The van der Waals surface area contributed by atoms with E-state index in [2.05, 4.69) is 14.9 Å². The number of amides is 2. The number of carbonyl (C=O) groups is 2. The number of ether oxygens (including phenoxy) is 1. The second kappa shape index (κ2) is 12.7. The van der Waals surface area contributed by atoms with Crippen LogP contribution in [0.4, 0.5) is 15.1 Å². The van der Waals surface area contributed by atoms with Crippen LogP contribution in [0.1, 0.15) is 57.5 Å². The summed E-state index contributed by atoms with van der Waals surface area (Å²) < 4.78 is 19.5. The highest BCUT2D eigenvalue weighted by Crippen LogP contribution is 2.32. The van der Waals surface area contributed by atoms with Gasteiger partial charge in [-0.15, -0.1) is 0 Å². The van der Waals surface area contributed by atoms with Gasteiger partial charge in [0.15, 0.2) is 0 Å². The van der Waals surface area contributed by atoms with Crippen molar-refractivity contribution in [2.75, 3.05) is 31.1 Å². The topological polar surface area (TPSA) is 91.8 Å². The molecular weight excluding hydrogens is 547 g/mol. The molecule has 224 valence electrons. The highest BCUT2D eigenvalue weighted by molar-refractivity contribution is 5.80. The molecule has 0 spiro atoms. The molecule has 2 amide bonds. The maximum Gasteiger partial charge on any atom is 0.410 e. The van der Waals surface area contributed by atoms with Crippen LogP contribution in [0.2, 0.25) is 0 Å². The van der Waals surface area contributed by atoms with E-state index >= 15 is 0 Å². The molecule has 0 aliphatic carbocycles. The second-order valence-electron chi connectivity index (χ2n) is 11.6. The molecule has 3 heterocycles. The lowest BCUT2D eigenvalue weighted by Gasteiger charge is -2.42. The Hall–Kier alpha value is -4.60. The molecule has 4 aromatic rings. The van der Waals surface area contributed by atoms with Gasteiger partial charge in [-0.2, -0.15) is 0 Å². The molecule has 1 saturated heterocycles. The summed E-state index contributed by atoms with van der Waals surface area (Å²) in [6, 6.07) is 18.5. The van der Waals surface area contributed by atoms with E-state index in [0.717, 1.165) is 16.6 Å². The van der Waals surface area contributed by atoms with Crippen molar-refractivity contribution in [3.63, 3.8) is 0 Å². The molecule has 2 atom stereocenters. The number of para-hydroxylation sites is 1. The Bertz CT molecular complexity index is 1560. The molecular formula is C33H37FN6O3. The molecule has 0 N–H and O–H groups in total. The minimum Gasteiger partial charge on any atom is -0.444 e. The van der Waals surface area contributed by atoms with Crippen molar-refractivity contribution >= 4 is 28.9 Å². The molecule has 43 heavy (non-hydrogen) atoms. The van der Waals surface area contributed by atoms with E-state index in [1.807, 2.05) is 55.6 Å². The van der Waals surface area contributed by atoms with Gasteiger partial charge in [0.05, 0.1) is 29.7 Å². The fourth-order valence-corrected chi connectivity index (χ4v) is 5.36. The first-order chi connectivity index (χ1) is 20.6. The Morgan fingerprint density at radius 2 is 1.77 bits per heavy atom. The zero-order valence-electron chi connectivity index (χ0n) is 25.0. The molecule has 0 unspecified atom stereocenters. The molecule has 5 rings (SSSR count). The Morgan fingerprint density at radius 1 is 1.02 bits per heavy atom. The van der Waals surface area contributed by atoms with Crippen molar-refractivity contribution in [3.05, 3.63) is 96.2 Å². The van der Waals surface area contributed by atoms with Crippen molar-refractivity contribution in [3.8, 4) is 0 Å². The summed E-state index contributed by atoms with van der Waals surface area (Å²) in [4.78, 5) is 46.7. The van der Waals surface area contributed by atoms with Crippen LogP contribution in [-0.4, -0.2) is 68.5 Å². The summed E-state index contributed by atoms with van der Waals surface area (Å²) in [6.45, 7) is 8.84. The number of fused-ring (bicyclic) bond motifs is 1. The highest BCUT2D eigenvalue weighted by atomic mass is 19.1. The molecule has 1 aliphatic heterocycles. The van der Waals surface area contributed by atoms with Gasteiger partial charge in [-0.05, 0) is 63.6 Å². The van der Waals surface area contributed by atoms with Crippen LogP contribution < -0.4 is 4.90 Å². The molecule has 0 saturated carbocycles. The van der Waals surface area contributed by atoms with Crippen molar-refractivity contribution in [2.24, 2.45) is 0 Å². The number of aromatic nitrogens is 3. The van der Waals surface area contributed by atoms with E-state index in [1.165, 1.54) is 17.0 Å². The Labute approximate surface area is 251 Å². The lowest BCUT2D eigenvalue weighted by Crippen LogP contribution is -2.52. The summed E-state index contributed by atoms with van der Waals surface area (Å²) in [5, 5.41) is 0.951. The van der Waals surface area contributed by atoms with Crippen LogP contribution in [0.5, 0.6) is 0 Å². The average molecular weight is 585 g/mol. The van der Waals surface area contributed by atoms with Crippen LogP contribution in [0.15, 0.2) is 79.1 Å². The van der Waals surface area contributed by atoms with E-state index in [-0.39, 0.29) is 24.2 Å². The zero-order valence-corrected chi connectivity index (χ0v) is 25.0. The molecule has 2 aromatic heterocycles. The summed E-state index contributed by atoms with van der Waals surface area (Å²) in [5.41, 5.74) is 1.59. The molecule has 2 aromatic carbocycles. The lowest BCUT2D eigenvalue weighted by molar-refractivity contribution is -0.133. The Balaban J connectivity index is 1.42. The van der Waals surface area contributed by atoms with Gasteiger partial charge in [-0.3, -0.25) is 9.78 Å². The van der Waals surface area contributed by atoms with Crippen LogP contribution in [0.25, 0.3) is 10.9 Å². The third kappa shape index (κ3) is 7.07. The minimum atomic E-state index is -0.709. The smallest absolute Gasteiger partial charge is 0.410 e. The van der Waals surface area contributed by atoms with Crippen molar-refractivity contribution in [2.45, 2.75) is 51.8 Å². The highest BCUT2D eigenvalue weighted by Gasteiger charge is 2.36. The number of benzene rings is 2. The largest absolute Gasteiger partial charge is 0.444 e. The first kappa shape index (κ1) is 29.9. The van der Waals surface area contributed by atoms with E-state index in [9.17, 15) is 14.0 Å². The number of halogens is 1. The van der Waals surface area contributed by atoms with Gasteiger partial charge in [0, 0.05) is 44.0 Å². The van der Waals surface area contributed by atoms with Gasteiger partial charge in [0.25, 0.3) is 0 Å². The van der Waals surface area contributed by atoms with E-state index < -0.39 is 17.7 Å². The summed E-state index contributed by atoms with van der Waals surface area (Å²) in [7, 11) is 0. The number of carbonyl (C=O) groups excluding carboxylic acids is 2. The number of nitrogens with zero attached hydrogens (tertiary/aromatic N) is 6. The molecule has 1 fully saturated rings. The van der Waals surface area contributed by atoms with E-state index in [4.69, 9.17) is 9.72 Å². The third-order valence-electron chi connectivity index (χ3n) is 7.46. The van der Waals surface area contributed by atoms with Gasteiger partial charge in [-0.1, -0.05) is 36.4 Å². The van der Waals surface area contributed by atoms with Gasteiger partial charge in [-0.25, -0.2) is 19.2 Å². The maximum atomic E-state index is 14.0. The fraction of sp³-hybridized carbons (Fsp3) is 0.364. The predicted molar refractivity (Wildman–Crippen MR) is 163 cm³/mol. The molecule has 1 aliphatic rings. The summed E-state index contributed by atoms with van der Waals surface area (Å²) >= 11 is 0. The SMILES string of the molecule is CCN(C(=O)OC(C)(C)C)[C@H](CC(=O)N1CCN(c2ncc3ccccc3n2)[C@H](c2ccccn2)C1)c1ccc(F)cc1. The van der Waals surface area contributed by atoms with Crippen molar-refractivity contribution in [1.82, 2.24) is 24.8 Å². The van der Waals surface area contributed by atoms with Gasteiger partial charge >= 0.3 is 6.09 Å². The number of pyridine rings is 1. The van der Waals surface area contributed by atoms with Crippen LogP contribution >= 0.6 is 0 Å². The average Bonchev–Trinajstić information content (AvgIpc) is 3.00. The summed E-state index contributed by atoms with van der Waals surface area (Å²) in [5.74, 6) is 0.0587. The minimum absolute atomic E-state index is 0.0140. The second-order valence-corrected chi connectivity index (χ2v) is 11.6. The van der Waals surface area contributed by atoms with Crippen LogP contribution in [0, 0.1) is 5.82 Å². The van der Waals surface area contributed by atoms with Crippen molar-refractivity contribution in [1.29, 1.82) is 0 Å². The monoisotopic (exact) mass is 584 g/mol. The first-order valence-electron chi connectivity index (χ1n) is 14.5. The standard InChI is InChI=1S/C33H37FN6O3/c1-5-39(32(42)43-33(2,3)4)28(23-13-15-25(34)16-14-23)20-30(41)38-18-19-40(29(22-38)27-12-8-9-17-35-27)31-36-21-24-10-6-7-11-26(24)37-31/h6-17,21,28-29H,5,18-20,22H2,1-4H3/t28-,29+/m1/s1. The van der Waals surface area contributed by atoms with E-state index in [1.54, 1.807) is 44.0 Å². The molecule has 9 nitrogen and oxygen atoms in total.